The summed E-state index contributed by atoms with van der Waals surface area (Å²) in [7, 11) is 3.34. The lowest BCUT2D eigenvalue weighted by Crippen LogP contribution is -3.14. The number of hydrogen-bond donors (Lipinski definition) is 1. The van der Waals surface area contributed by atoms with Gasteiger partial charge in [0.1, 0.15) is 5.75 Å². The lowest BCUT2D eigenvalue weighted by molar-refractivity contribution is -0.908. The molecule has 1 spiro atoms. The molecule has 0 radical (unpaired) electrons. The zero-order valence-corrected chi connectivity index (χ0v) is 18.7. The molecule has 2 aromatic rings. The van der Waals surface area contributed by atoms with Crippen molar-refractivity contribution in [1.82, 2.24) is 5.01 Å². The number of rotatable bonds is 5. The molecule has 1 saturated heterocycles. The monoisotopic (exact) mass is 422 g/mol. The van der Waals surface area contributed by atoms with E-state index in [-0.39, 0.29) is 11.8 Å². The Labute approximate surface area is 184 Å². The Hall–Kier alpha value is -2.73. The zero-order valence-electron chi connectivity index (χ0n) is 18.7. The fourth-order valence-corrected chi connectivity index (χ4v) is 5.35. The average molecular weight is 423 g/mol. The SMILES string of the molecule is CCC[NH+]1CCC2(CC1)Oc1ccccc1[C@H]1CC(c3ccc(OC)c(OC)c3)=NN12. The molecule has 3 aliphatic rings. The molecule has 164 valence electrons. The lowest BCUT2D eigenvalue weighted by Gasteiger charge is -2.50. The predicted octanol–water partition coefficient (Wildman–Crippen LogP) is 3.03. The molecule has 0 amide bonds. The largest absolute Gasteiger partial charge is 0.493 e. The van der Waals surface area contributed by atoms with Crippen LogP contribution in [0.1, 0.15) is 49.8 Å². The molecule has 5 rings (SSSR count). The molecule has 0 bridgehead atoms. The molecule has 31 heavy (non-hydrogen) atoms. The van der Waals surface area contributed by atoms with Gasteiger partial charge in [0.25, 0.3) is 0 Å². The van der Waals surface area contributed by atoms with Crippen LogP contribution < -0.4 is 19.1 Å². The summed E-state index contributed by atoms with van der Waals surface area (Å²) in [6, 6.07) is 14.8. The van der Waals surface area contributed by atoms with E-state index in [0.717, 1.165) is 60.9 Å². The Morgan fingerprint density at radius 3 is 2.61 bits per heavy atom. The molecular formula is C25H32N3O3+. The van der Waals surface area contributed by atoms with E-state index in [1.165, 1.54) is 18.5 Å². The van der Waals surface area contributed by atoms with Crippen molar-refractivity contribution in [1.29, 1.82) is 0 Å². The van der Waals surface area contributed by atoms with Gasteiger partial charge in [-0.15, -0.1) is 0 Å². The normalized spacial score (nSPS) is 26.7. The molecular weight excluding hydrogens is 390 g/mol. The minimum Gasteiger partial charge on any atom is -0.493 e. The Morgan fingerprint density at radius 2 is 1.87 bits per heavy atom. The molecule has 0 aliphatic carbocycles. The standard InChI is InChI=1S/C25H31N3O3/c1-4-13-27-14-11-25(12-15-27)28-21(19-7-5-6-8-22(19)31-25)17-20(26-28)18-9-10-23(29-2)24(16-18)30-3/h5-10,16,21H,4,11-15,17H2,1-3H3/p+1/t21-/m1/s1. The highest BCUT2D eigenvalue weighted by atomic mass is 16.5. The highest BCUT2D eigenvalue weighted by Crippen LogP contribution is 2.49. The van der Waals surface area contributed by atoms with Gasteiger partial charge in [-0.1, -0.05) is 25.1 Å². The molecule has 1 fully saturated rings. The zero-order chi connectivity index (χ0) is 21.4. The first kappa shape index (κ1) is 20.2. The minimum atomic E-state index is -0.353. The number of likely N-dealkylation sites (tertiary alicyclic amines) is 1. The summed E-state index contributed by atoms with van der Waals surface area (Å²) in [5.74, 6) is 2.49. The van der Waals surface area contributed by atoms with Crippen LogP contribution >= 0.6 is 0 Å². The molecule has 3 aliphatic heterocycles. The van der Waals surface area contributed by atoms with Crippen LogP contribution in [0.5, 0.6) is 17.2 Å². The van der Waals surface area contributed by atoms with Gasteiger partial charge in [-0.2, -0.15) is 5.10 Å². The molecule has 1 atom stereocenters. The lowest BCUT2D eigenvalue weighted by atomic mass is 9.90. The van der Waals surface area contributed by atoms with Crippen LogP contribution in [0.4, 0.5) is 0 Å². The topological polar surface area (TPSA) is 47.7 Å². The van der Waals surface area contributed by atoms with E-state index in [0.29, 0.717) is 0 Å². The number of piperidine rings is 1. The quantitative estimate of drug-likeness (QED) is 0.805. The summed E-state index contributed by atoms with van der Waals surface area (Å²) in [6.07, 6.45) is 4.08. The molecule has 6 heteroatoms. The molecule has 0 saturated carbocycles. The van der Waals surface area contributed by atoms with E-state index in [4.69, 9.17) is 19.3 Å². The number of nitrogens with zero attached hydrogens (tertiary/aromatic N) is 2. The first-order valence-corrected chi connectivity index (χ1v) is 11.4. The Bertz CT molecular complexity index is 982. The third kappa shape index (κ3) is 3.43. The molecule has 0 unspecified atom stereocenters. The Balaban J connectivity index is 1.51. The van der Waals surface area contributed by atoms with Crippen molar-refractivity contribution in [3.63, 3.8) is 0 Å². The van der Waals surface area contributed by atoms with Crippen molar-refractivity contribution in [3.05, 3.63) is 53.6 Å². The second-order valence-electron chi connectivity index (χ2n) is 8.77. The van der Waals surface area contributed by atoms with Gasteiger partial charge in [0.2, 0.25) is 5.72 Å². The molecule has 6 nitrogen and oxygen atoms in total. The van der Waals surface area contributed by atoms with Crippen molar-refractivity contribution in [3.8, 4) is 17.2 Å². The first-order chi connectivity index (χ1) is 15.2. The van der Waals surface area contributed by atoms with Gasteiger partial charge in [-0.05, 0) is 30.7 Å². The smallest absolute Gasteiger partial charge is 0.208 e. The van der Waals surface area contributed by atoms with Crippen LogP contribution in [0.3, 0.4) is 0 Å². The van der Waals surface area contributed by atoms with Crippen LogP contribution in [-0.4, -0.2) is 50.3 Å². The molecule has 1 N–H and O–H groups in total. The van der Waals surface area contributed by atoms with E-state index in [9.17, 15) is 0 Å². The van der Waals surface area contributed by atoms with Gasteiger partial charge in [0.15, 0.2) is 11.5 Å². The fourth-order valence-electron chi connectivity index (χ4n) is 5.35. The maximum atomic E-state index is 6.73. The fraction of sp³-hybridized carbons (Fsp3) is 0.480. The highest BCUT2D eigenvalue weighted by Gasteiger charge is 2.52. The number of hydrogen-bond acceptors (Lipinski definition) is 5. The maximum Gasteiger partial charge on any atom is 0.208 e. The predicted molar refractivity (Wildman–Crippen MR) is 120 cm³/mol. The second kappa shape index (κ2) is 8.08. The van der Waals surface area contributed by atoms with Crippen molar-refractivity contribution in [2.24, 2.45) is 5.10 Å². The number of fused-ring (bicyclic) bond motifs is 4. The summed E-state index contributed by atoms with van der Waals surface area (Å²) >= 11 is 0. The summed E-state index contributed by atoms with van der Waals surface area (Å²) < 4.78 is 17.7. The van der Waals surface area contributed by atoms with Crippen LogP contribution in [0.15, 0.2) is 47.6 Å². The van der Waals surface area contributed by atoms with Crippen LogP contribution in [0, 0.1) is 0 Å². The maximum absolute atomic E-state index is 6.73. The molecule has 0 aromatic heterocycles. The van der Waals surface area contributed by atoms with Crippen LogP contribution in [0.2, 0.25) is 0 Å². The summed E-state index contributed by atoms with van der Waals surface area (Å²) in [5.41, 5.74) is 3.03. The number of benzene rings is 2. The van der Waals surface area contributed by atoms with Gasteiger partial charge >= 0.3 is 0 Å². The summed E-state index contributed by atoms with van der Waals surface area (Å²) in [5, 5.41) is 7.46. The summed E-state index contributed by atoms with van der Waals surface area (Å²) in [4.78, 5) is 1.68. The third-order valence-electron chi connectivity index (χ3n) is 6.96. The number of para-hydroxylation sites is 1. The van der Waals surface area contributed by atoms with E-state index >= 15 is 0 Å². The number of methoxy groups -OCH3 is 2. The van der Waals surface area contributed by atoms with Gasteiger partial charge < -0.3 is 19.1 Å². The number of nitrogens with one attached hydrogen (secondary N) is 1. The van der Waals surface area contributed by atoms with Crippen LogP contribution in [0.25, 0.3) is 0 Å². The highest BCUT2D eigenvalue weighted by molar-refractivity contribution is 6.02. The minimum absolute atomic E-state index is 0.209. The van der Waals surface area contributed by atoms with Crippen molar-refractivity contribution >= 4 is 5.71 Å². The van der Waals surface area contributed by atoms with Crippen LogP contribution in [-0.2, 0) is 0 Å². The molecule has 3 heterocycles. The van der Waals surface area contributed by atoms with E-state index in [2.05, 4.69) is 42.3 Å². The van der Waals surface area contributed by atoms with Crippen molar-refractivity contribution < 1.29 is 19.1 Å². The molecule has 2 aromatic carbocycles. The third-order valence-corrected chi connectivity index (χ3v) is 6.96. The number of quaternary nitrogens is 1. The van der Waals surface area contributed by atoms with Gasteiger partial charge in [0, 0.05) is 17.5 Å². The average Bonchev–Trinajstić information content (AvgIpc) is 3.27. The van der Waals surface area contributed by atoms with Gasteiger partial charge in [0.05, 0.1) is 58.4 Å². The van der Waals surface area contributed by atoms with Crippen molar-refractivity contribution in [2.75, 3.05) is 33.9 Å². The Kier molecular flexibility index (Phi) is 5.26. The van der Waals surface area contributed by atoms with E-state index < -0.39 is 0 Å². The second-order valence-corrected chi connectivity index (χ2v) is 8.77. The van der Waals surface area contributed by atoms with E-state index in [1.807, 2.05) is 12.1 Å². The number of ether oxygens (including phenoxy) is 3. The van der Waals surface area contributed by atoms with Gasteiger partial charge in [-0.25, -0.2) is 5.01 Å². The van der Waals surface area contributed by atoms with Gasteiger partial charge in [-0.3, -0.25) is 0 Å². The van der Waals surface area contributed by atoms with E-state index in [1.54, 1.807) is 19.1 Å². The van der Waals surface area contributed by atoms with Crippen molar-refractivity contribution in [2.45, 2.75) is 44.4 Å². The number of hydrazone groups is 1. The summed E-state index contributed by atoms with van der Waals surface area (Å²) in [6.45, 7) is 5.75. The Morgan fingerprint density at radius 1 is 1.10 bits per heavy atom. The first-order valence-electron chi connectivity index (χ1n) is 11.4.